The maximum Gasteiger partial charge on any atom is 0.416 e. The SMILES string of the molecule is CCc1ccccc1NC(=O)CN(C)CC(=O)Nc1ccc(C(F)(F)F)cc1. The average molecular weight is 393 g/mol. The van der Waals surface area contributed by atoms with Crippen molar-refractivity contribution in [1.82, 2.24) is 4.90 Å². The zero-order valence-corrected chi connectivity index (χ0v) is 15.6. The first-order valence-corrected chi connectivity index (χ1v) is 8.72. The number of nitrogens with zero attached hydrogens (tertiary/aromatic N) is 1. The lowest BCUT2D eigenvalue weighted by atomic mass is 10.1. The van der Waals surface area contributed by atoms with Crippen LogP contribution in [0.15, 0.2) is 48.5 Å². The summed E-state index contributed by atoms with van der Waals surface area (Å²) in [6.45, 7) is 1.91. The first kappa shape index (κ1) is 21.4. The third-order valence-corrected chi connectivity index (χ3v) is 4.00. The number of likely N-dealkylation sites (N-methyl/N-ethyl adjacent to an activating group) is 1. The van der Waals surface area contributed by atoms with Crippen LogP contribution in [0.2, 0.25) is 0 Å². The van der Waals surface area contributed by atoms with Crippen molar-refractivity contribution in [1.29, 1.82) is 0 Å². The molecule has 2 N–H and O–H groups in total. The number of alkyl halides is 3. The Hall–Kier alpha value is -2.87. The van der Waals surface area contributed by atoms with Gasteiger partial charge >= 0.3 is 6.18 Å². The van der Waals surface area contributed by atoms with Gasteiger partial charge in [0.25, 0.3) is 0 Å². The van der Waals surface area contributed by atoms with Crippen molar-refractivity contribution >= 4 is 23.2 Å². The topological polar surface area (TPSA) is 61.4 Å². The predicted octanol–water partition coefficient (Wildman–Crippen LogP) is 3.78. The zero-order chi connectivity index (χ0) is 20.7. The molecule has 0 aliphatic carbocycles. The molecule has 28 heavy (non-hydrogen) atoms. The molecule has 2 aromatic rings. The number of hydrogen-bond acceptors (Lipinski definition) is 3. The normalized spacial score (nSPS) is 11.4. The van der Waals surface area contributed by atoms with Crippen molar-refractivity contribution < 1.29 is 22.8 Å². The number of halogens is 3. The van der Waals surface area contributed by atoms with Gasteiger partial charge in [-0.3, -0.25) is 14.5 Å². The fraction of sp³-hybridized carbons (Fsp3) is 0.300. The van der Waals surface area contributed by atoms with Crippen molar-refractivity contribution in [2.75, 3.05) is 30.8 Å². The Balaban J connectivity index is 1.84. The van der Waals surface area contributed by atoms with Gasteiger partial charge in [0, 0.05) is 11.4 Å². The lowest BCUT2D eigenvalue weighted by molar-refractivity contribution is -0.137. The number of amides is 2. The van der Waals surface area contributed by atoms with Crippen molar-refractivity contribution in [3.63, 3.8) is 0 Å². The van der Waals surface area contributed by atoms with E-state index in [4.69, 9.17) is 0 Å². The molecule has 0 unspecified atom stereocenters. The van der Waals surface area contributed by atoms with E-state index in [2.05, 4.69) is 10.6 Å². The Kier molecular flexibility index (Phi) is 7.17. The first-order chi connectivity index (χ1) is 13.2. The Labute approximate surface area is 161 Å². The van der Waals surface area contributed by atoms with Gasteiger partial charge in [-0.1, -0.05) is 25.1 Å². The van der Waals surface area contributed by atoms with E-state index in [9.17, 15) is 22.8 Å². The molecule has 0 fully saturated rings. The number of hydrogen-bond donors (Lipinski definition) is 2. The van der Waals surface area contributed by atoms with Gasteiger partial charge < -0.3 is 10.6 Å². The van der Waals surface area contributed by atoms with Gasteiger partial charge in [0.1, 0.15) is 0 Å². The monoisotopic (exact) mass is 393 g/mol. The molecule has 0 saturated heterocycles. The Bertz CT molecular complexity index is 820. The Morgan fingerprint density at radius 2 is 1.50 bits per heavy atom. The molecule has 0 bridgehead atoms. The van der Waals surface area contributed by atoms with Crippen LogP contribution in [0.4, 0.5) is 24.5 Å². The number of aryl methyl sites for hydroxylation is 1. The van der Waals surface area contributed by atoms with Gasteiger partial charge in [0.2, 0.25) is 11.8 Å². The summed E-state index contributed by atoms with van der Waals surface area (Å²) in [6, 6.07) is 11.6. The van der Waals surface area contributed by atoms with E-state index in [1.807, 2.05) is 31.2 Å². The Morgan fingerprint density at radius 3 is 2.07 bits per heavy atom. The molecule has 2 rings (SSSR count). The van der Waals surface area contributed by atoms with Crippen molar-refractivity contribution in [3.8, 4) is 0 Å². The van der Waals surface area contributed by atoms with Crippen LogP contribution in [0.3, 0.4) is 0 Å². The van der Waals surface area contributed by atoms with Crippen molar-refractivity contribution in [3.05, 3.63) is 59.7 Å². The quantitative estimate of drug-likeness (QED) is 0.753. The van der Waals surface area contributed by atoms with Crippen LogP contribution in [-0.2, 0) is 22.2 Å². The highest BCUT2D eigenvalue weighted by Gasteiger charge is 2.30. The van der Waals surface area contributed by atoms with Gasteiger partial charge in [0.15, 0.2) is 0 Å². The molecule has 8 heteroatoms. The minimum Gasteiger partial charge on any atom is -0.325 e. The molecule has 0 aliphatic rings. The van der Waals surface area contributed by atoms with Crippen LogP contribution < -0.4 is 10.6 Å². The van der Waals surface area contributed by atoms with Crippen LogP contribution in [0.1, 0.15) is 18.1 Å². The summed E-state index contributed by atoms with van der Waals surface area (Å²) in [4.78, 5) is 25.7. The Morgan fingerprint density at radius 1 is 0.929 bits per heavy atom. The molecule has 0 aromatic heterocycles. The van der Waals surface area contributed by atoms with Gasteiger partial charge in [-0.05, 0) is 49.4 Å². The summed E-state index contributed by atoms with van der Waals surface area (Å²) in [7, 11) is 1.61. The summed E-state index contributed by atoms with van der Waals surface area (Å²) in [5.74, 6) is -0.685. The van der Waals surface area contributed by atoms with Gasteiger partial charge in [-0.2, -0.15) is 13.2 Å². The van der Waals surface area contributed by atoms with Gasteiger partial charge in [-0.25, -0.2) is 0 Å². The lowest BCUT2D eigenvalue weighted by Crippen LogP contribution is -2.36. The molecule has 150 valence electrons. The average Bonchev–Trinajstić information content (AvgIpc) is 2.61. The highest BCUT2D eigenvalue weighted by Crippen LogP contribution is 2.29. The highest BCUT2D eigenvalue weighted by atomic mass is 19.4. The van der Waals surface area contributed by atoms with E-state index in [0.29, 0.717) is 0 Å². The van der Waals surface area contributed by atoms with E-state index < -0.39 is 17.6 Å². The maximum atomic E-state index is 12.5. The highest BCUT2D eigenvalue weighted by molar-refractivity contribution is 5.95. The third-order valence-electron chi connectivity index (χ3n) is 4.00. The molecule has 2 amide bonds. The number of carbonyl (C=O) groups excluding carboxylic acids is 2. The van der Waals surface area contributed by atoms with Gasteiger partial charge in [-0.15, -0.1) is 0 Å². The molecule has 5 nitrogen and oxygen atoms in total. The molecule has 0 saturated carbocycles. The molecule has 0 atom stereocenters. The fourth-order valence-electron chi connectivity index (χ4n) is 2.63. The van der Waals surface area contributed by atoms with Crippen LogP contribution in [0, 0.1) is 0 Å². The predicted molar refractivity (Wildman–Crippen MR) is 102 cm³/mol. The third kappa shape index (κ3) is 6.38. The molecule has 0 heterocycles. The van der Waals surface area contributed by atoms with E-state index in [1.165, 1.54) is 17.0 Å². The molecule has 0 spiro atoms. The summed E-state index contributed by atoms with van der Waals surface area (Å²) >= 11 is 0. The van der Waals surface area contributed by atoms with E-state index in [-0.39, 0.29) is 24.7 Å². The minimum atomic E-state index is -4.42. The molecule has 2 aromatic carbocycles. The van der Waals surface area contributed by atoms with E-state index in [1.54, 1.807) is 7.05 Å². The summed E-state index contributed by atoms with van der Waals surface area (Å²) in [5.41, 5.74) is 1.22. The maximum absolute atomic E-state index is 12.5. The second kappa shape index (κ2) is 9.36. The zero-order valence-electron chi connectivity index (χ0n) is 15.6. The van der Waals surface area contributed by atoms with Crippen molar-refractivity contribution in [2.45, 2.75) is 19.5 Å². The van der Waals surface area contributed by atoms with Crippen LogP contribution in [0.25, 0.3) is 0 Å². The lowest BCUT2D eigenvalue weighted by Gasteiger charge is -2.17. The summed E-state index contributed by atoms with van der Waals surface area (Å²) in [5, 5.41) is 5.33. The number of anilines is 2. The smallest absolute Gasteiger partial charge is 0.325 e. The standard InChI is InChI=1S/C20H22F3N3O2/c1-3-14-6-4-5-7-17(14)25-19(28)13-26(2)12-18(27)24-16-10-8-15(9-11-16)20(21,22)23/h4-11H,3,12-13H2,1-2H3,(H,24,27)(H,25,28). The second-order valence-electron chi connectivity index (χ2n) is 6.35. The fourth-order valence-corrected chi connectivity index (χ4v) is 2.63. The number of carbonyl (C=O) groups is 2. The van der Waals surface area contributed by atoms with Crippen LogP contribution >= 0.6 is 0 Å². The molecule has 0 aliphatic heterocycles. The van der Waals surface area contributed by atoms with Crippen LogP contribution in [-0.4, -0.2) is 36.9 Å². The van der Waals surface area contributed by atoms with Crippen LogP contribution in [0.5, 0.6) is 0 Å². The largest absolute Gasteiger partial charge is 0.416 e. The minimum absolute atomic E-state index is 0.00151. The first-order valence-electron chi connectivity index (χ1n) is 8.72. The number of para-hydroxylation sites is 1. The number of benzene rings is 2. The van der Waals surface area contributed by atoms with E-state index >= 15 is 0 Å². The summed E-state index contributed by atoms with van der Waals surface area (Å²) < 4.78 is 37.6. The molecular formula is C20H22F3N3O2. The number of rotatable bonds is 7. The van der Waals surface area contributed by atoms with Gasteiger partial charge in [0.05, 0.1) is 18.7 Å². The van der Waals surface area contributed by atoms with Crippen molar-refractivity contribution in [2.24, 2.45) is 0 Å². The molecular weight excluding hydrogens is 371 g/mol. The summed E-state index contributed by atoms with van der Waals surface area (Å²) in [6.07, 6.45) is -3.64. The molecule has 0 radical (unpaired) electrons. The van der Waals surface area contributed by atoms with E-state index in [0.717, 1.165) is 29.8 Å². The number of nitrogens with one attached hydrogen (secondary N) is 2. The second-order valence-corrected chi connectivity index (χ2v) is 6.35.